The van der Waals surface area contributed by atoms with E-state index in [0.717, 1.165) is 47.5 Å². The zero-order valence-electron chi connectivity index (χ0n) is 13.4. The summed E-state index contributed by atoms with van der Waals surface area (Å²) in [6.07, 6.45) is 0. The molecule has 0 unspecified atom stereocenters. The van der Waals surface area contributed by atoms with E-state index < -0.39 is 0 Å². The second-order valence-corrected chi connectivity index (χ2v) is 8.65. The zero-order chi connectivity index (χ0) is 16.6. The predicted octanol–water partition coefficient (Wildman–Crippen LogP) is 4.56. The van der Waals surface area contributed by atoms with Gasteiger partial charge in [-0.25, -0.2) is 9.97 Å². The highest BCUT2D eigenvalue weighted by atomic mass is 32.1. The van der Waals surface area contributed by atoms with E-state index >= 15 is 0 Å². The Morgan fingerprint density at radius 1 is 0.920 bits per heavy atom. The minimum absolute atomic E-state index is 0.843. The predicted molar refractivity (Wildman–Crippen MR) is 109 cm³/mol. The molecule has 0 aliphatic carbocycles. The smallest absolute Gasteiger partial charge is 0.173 e. The van der Waals surface area contributed by atoms with Crippen LogP contribution in [0.5, 0.6) is 0 Å². The van der Waals surface area contributed by atoms with Gasteiger partial charge in [-0.05, 0) is 22.9 Å². The van der Waals surface area contributed by atoms with E-state index in [2.05, 4.69) is 50.6 Å². The summed E-state index contributed by atoms with van der Waals surface area (Å²) < 4.78 is 0. The van der Waals surface area contributed by atoms with E-state index in [1.165, 1.54) is 15.8 Å². The summed E-state index contributed by atoms with van der Waals surface area (Å²) in [6.45, 7) is 3.96. The van der Waals surface area contributed by atoms with Gasteiger partial charge in [0.05, 0.1) is 10.3 Å². The van der Waals surface area contributed by atoms with Crippen molar-refractivity contribution in [2.45, 2.75) is 0 Å². The highest BCUT2D eigenvalue weighted by molar-refractivity contribution is 7.18. The van der Waals surface area contributed by atoms with E-state index in [0.29, 0.717) is 0 Å². The van der Waals surface area contributed by atoms with Crippen LogP contribution in [0.1, 0.15) is 0 Å². The van der Waals surface area contributed by atoms with Gasteiger partial charge in [0.1, 0.15) is 10.6 Å². The summed E-state index contributed by atoms with van der Waals surface area (Å²) in [5.74, 6) is 1.93. The van der Waals surface area contributed by atoms with Gasteiger partial charge < -0.3 is 10.2 Å². The van der Waals surface area contributed by atoms with Crippen LogP contribution in [-0.4, -0.2) is 36.1 Å². The maximum absolute atomic E-state index is 5.02. The van der Waals surface area contributed by atoms with Gasteiger partial charge >= 0.3 is 0 Å². The van der Waals surface area contributed by atoms with Crippen LogP contribution in [0.2, 0.25) is 0 Å². The lowest BCUT2D eigenvalue weighted by atomic mass is 10.1. The van der Waals surface area contributed by atoms with Crippen molar-refractivity contribution >= 4 is 50.0 Å². The van der Waals surface area contributed by atoms with Crippen LogP contribution in [0.3, 0.4) is 0 Å². The zero-order valence-corrected chi connectivity index (χ0v) is 15.9. The molecule has 1 saturated heterocycles. The Hall–Kier alpha value is -1.80. The number of hydrogen-bond donors (Lipinski definition) is 1. The highest BCUT2D eigenvalue weighted by Gasteiger charge is 2.22. The molecule has 1 N–H and O–H groups in total. The first-order chi connectivity index (χ1) is 12.4. The number of hydrogen-bond acceptors (Lipinski definition) is 7. The van der Waals surface area contributed by atoms with Crippen molar-refractivity contribution in [3.63, 3.8) is 0 Å². The Kier molecular flexibility index (Phi) is 4.01. The van der Waals surface area contributed by atoms with Crippen molar-refractivity contribution < 1.29 is 0 Å². The highest BCUT2D eigenvalue weighted by Crippen LogP contribution is 2.41. The lowest BCUT2D eigenvalue weighted by Crippen LogP contribution is -2.44. The number of nitrogens with one attached hydrogen (secondary N) is 1. The van der Waals surface area contributed by atoms with Gasteiger partial charge in [-0.2, -0.15) is 0 Å². The fourth-order valence-corrected chi connectivity index (χ4v) is 5.57. The van der Waals surface area contributed by atoms with Gasteiger partial charge in [-0.15, -0.1) is 34.0 Å². The third kappa shape index (κ3) is 2.77. The molecule has 0 bridgehead atoms. The number of fused-ring (bicyclic) bond motifs is 1. The molecule has 5 heterocycles. The lowest BCUT2D eigenvalue weighted by Gasteiger charge is -2.29. The molecule has 5 rings (SSSR count). The van der Waals surface area contributed by atoms with E-state index in [1.54, 1.807) is 34.0 Å². The molecule has 0 spiro atoms. The molecule has 1 fully saturated rings. The second-order valence-electron chi connectivity index (χ2n) is 5.89. The number of anilines is 1. The summed E-state index contributed by atoms with van der Waals surface area (Å²) in [5, 5.41) is 11.1. The maximum atomic E-state index is 5.02. The minimum Gasteiger partial charge on any atom is -0.353 e. The molecule has 0 amide bonds. The monoisotopic (exact) mass is 384 g/mol. The van der Waals surface area contributed by atoms with Crippen molar-refractivity contribution in [3.05, 3.63) is 40.4 Å². The van der Waals surface area contributed by atoms with Crippen molar-refractivity contribution in [1.29, 1.82) is 0 Å². The first-order valence-electron chi connectivity index (χ1n) is 8.23. The van der Waals surface area contributed by atoms with Gasteiger partial charge in [0.15, 0.2) is 5.82 Å². The molecule has 4 nitrogen and oxygen atoms in total. The molecule has 4 aromatic rings. The van der Waals surface area contributed by atoms with E-state index in [-0.39, 0.29) is 0 Å². The summed E-state index contributed by atoms with van der Waals surface area (Å²) >= 11 is 5.19. The third-order valence-electron chi connectivity index (χ3n) is 4.36. The van der Waals surface area contributed by atoms with Gasteiger partial charge in [-0.1, -0.05) is 12.1 Å². The Balaban J connectivity index is 1.74. The Morgan fingerprint density at radius 2 is 1.68 bits per heavy atom. The first-order valence-corrected chi connectivity index (χ1v) is 10.9. The van der Waals surface area contributed by atoms with Crippen molar-refractivity contribution in [2.24, 2.45) is 0 Å². The Labute approximate surface area is 157 Å². The molecule has 0 radical (unpaired) electrons. The molecule has 0 atom stereocenters. The number of aromatic nitrogens is 2. The number of nitrogens with zero attached hydrogens (tertiary/aromatic N) is 3. The van der Waals surface area contributed by atoms with Gasteiger partial charge in [0.2, 0.25) is 0 Å². The van der Waals surface area contributed by atoms with Gasteiger partial charge in [0, 0.05) is 42.0 Å². The topological polar surface area (TPSA) is 41.1 Å². The minimum atomic E-state index is 0.843. The maximum Gasteiger partial charge on any atom is 0.173 e. The van der Waals surface area contributed by atoms with Crippen LogP contribution in [-0.2, 0) is 0 Å². The van der Waals surface area contributed by atoms with Crippen LogP contribution in [0.15, 0.2) is 40.4 Å². The first kappa shape index (κ1) is 15.5. The number of piperazine rings is 1. The van der Waals surface area contributed by atoms with Crippen LogP contribution in [0.4, 0.5) is 5.82 Å². The molecule has 7 heteroatoms. The fourth-order valence-electron chi connectivity index (χ4n) is 3.16. The lowest BCUT2D eigenvalue weighted by molar-refractivity contribution is 0.586. The molecule has 1 aliphatic heterocycles. The average molecular weight is 385 g/mol. The molecule has 0 aromatic carbocycles. The second kappa shape index (κ2) is 6.49. The quantitative estimate of drug-likeness (QED) is 0.562. The van der Waals surface area contributed by atoms with E-state index in [9.17, 15) is 0 Å². The van der Waals surface area contributed by atoms with Crippen LogP contribution in [0.25, 0.3) is 31.4 Å². The van der Waals surface area contributed by atoms with Gasteiger partial charge in [-0.3, -0.25) is 0 Å². The summed E-state index contributed by atoms with van der Waals surface area (Å²) in [4.78, 5) is 15.8. The Bertz CT molecular complexity index is 983. The standard InChI is InChI=1S/C18H16N4S3/c1-3-13(23-9-1)12-11-25-18-15(12)17(22-7-5-19-6-8-22)20-16(21-18)14-4-2-10-24-14/h1-4,9-11,19H,5-8H2. The van der Waals surface area contributed by atoms with Crippen molar-refractivity contribution in [3.8, 4) is 21.1 Å². The third-order valence-corrected chi connectivity index (χ3v) is 7.00. The van der Waals surface area contributed by atoms with E-state index in [4.69, 9.17) is 9.97 Å². The van der Waals surface area contributed by atoms with Crippen molar-refractivity contribution in [2.75, 3.05) is 31.1 Å². The number of thiophene rings is 3. The normalized spacial score (nSPS) is 15.1. The van der Waals surface area contributed by atoms with Crippen LogP contribution < -0.4 is 10.2 Å². The Morgan fingerprint density at radius 3 is 2.40 bits per heavy atom. The van der Waals surface area contributed by atoms with Crippen LogP contribution >= 0.6 is 34.0 Å². The summed E-state index contributed by atoms with van der Waals surface area (Å²) in [5.41, 5.74) is 1.27. The molecule has 4 aromatic heterocycles. The largest absolute Gasteiger partial charge is 0.353 e. The van der Waals surface area contributed by atoms with Crippen molar-refractivity contribution in [1.82, 2.24) is 15.3 Å². The SMILES string of the molecule is c1csc(-c2nc(N3CCNCC3)c3c(-c4cccs4)csc3n2)c1. The molecule has 126 valence electrons. The van der Waals surface area contributed by atoms with Gasteiger partial charge in [0.25, 0.3) is 0 Å². The average Bonchev–Trinajstić information content (AvgIpc) is 3.41. The summed E-state index contributed by atoms with van der Waals surface area (Å²) in [7, 11) is 0. The molecular weight excluding hydrogens is 368 g/mol. The molecule has 1 aliphatic rings. The molecular formula is C18H16N4S3. The summed E-state index contributed by atoms with van der Waals surface area (Å²) in [6, 6.07) is 8.44. The van der Waals surface area contributed by atoms with E-state index in [1.807, 2.05) is 0 Å². The molecule has 25 heavy (non-hydrogen) atoms. The fraction of sp³-hybridized carbons (Fsp3) is 0.222. The van der Waals surface area contributed by atoms with Crippen LogP contribution in [0, 0.1) is 0 Å². The molecule has 0 saturated carbocycles. The number of rotatable bonds is 3.